The van der Waals surface area contributed by atoms with Crippen LogP contribution in [0.25, 0.3) is 0 Å². The molecule has 1 fully saturated rings. The topological polar surface area (TPSA) is 36.9 Å². The molecule has 0 aromatic heterocycles. The van der Waals surface area contributed by atoms with Gasteiger partial charge in [-0.1, -0.05) is 36.4 Å². The Bertz CT molecular complexity index is 457. The summed E-state index contributed by atoms with van der Waals surface area (Å²) in [5.41, 5.74) is 0. The average molecular weight is 272 g/mol. The molecule has 0 unspecified atom stereocenters. The molecule has 0 spiro atoms. The molecule has 0 N–H and O–H groups in total. The third-order valence-electron chi connectivity index (χ3n) is 2.86. The van der Waals surface area contributed by atoms with Crippen molar-refractivity contribution in [3.8, 4) is 11.5 Å². The van der Waals surface area contributed by atoms with Gasteiger partial charge in [-0.05, 0) is 24.3 Å². The molecule has 1 saturated heterocycles. The van der Waals surface area contributed by atoms with Crippen molar-refractivity contribution in [1.29, 1.82) is 0 Å². The predicted octanol–water partition coefficient (Wildman–Crippen LogP) is 2.84. The van der Waals surface area contributed by atoms with E-state index in [2.05, 4.69) is 0 Å². The lowest BCUT2D eigenvalue weighted by Crippen LogP contribution is -2.41. The fourth-order valence-electron chi connectivity index (χ4n) is 1.91. The van der Waals surface area contributed by atoms with Gasteiger partial charge in [-0.2, -0.15) is 0 Å². The van der Waals surface area contributed by atoms with Gasteiger partial charge in [-0.25, -0.2) is 0 Å². The first-order valence-corrected chi connectivity index (χ1v) is 6.57. The molecular weight excluding hydrogens is 256 g/mol. The zero-order valence-corrected chi connectivity index (χ0v) is 11.0. The van der Waals surface area contributed by atoms with Gasteiger partial charge in [0.2, 0.25) is 12.6 Å². The monoisotopic (exact) mass is 272 g/mol. The Kier molecular flexibility index (Phi) is 4.16. The molecule has 0 aliphatic carbocycles. The summed E-state index contributed by atoms with van der Waals surface area (Å²) in [5.74, 6) is 1.53. The second-order valence-electron chi connectivity index (χ2n) is 4.39. The van der Waals surface area contributed by atoms with Crippen molar-refractivity contribution in [3.63, 3.8) is 0 Å². The first-order chi connectivity index (χ1) is 9.90. The summed E-state index contributed by atoms with van der Waals surface area (Å²) < 4.78 is 22.5. The SMILES string of the molecule is c1ccc(O[C@H]2CO[C@@H](Oc3ccccc3)CO2)cc1. The fraction of sp³-hybridized carbons (Fsp3) is 0.250. The van der Waals surface area contributed by atoms with E-state index >= 15 is 0 Å². The normalized spacial score (nSPS) is 22.2. The zero-order valence-electron chi connectivity index (χ0n) is 11.0. The van der Waals surface area contributed by atoms with Crippen LogP contribution in [-0.4, -0.2) is 25.8 Å². The Morgan fingerprint density at radius 3 is 1.40 bits per heavy atom. The van der Waals surface area contributed by atoms with Crippen LogP contribution >= 0.6 is 0 Å². The maximum absolute atomic E-state index is 5.65. The zero-order chi connectivity index (χ0) is 13.6. The van der Waals surface area contributed by atoms with Crippen molar-refractivity contribution >= 4 is 0 Å². The van der Waals surface area contributed by atoms with Gasteiger partial charge in [-0.3, -0.25) is 0 Å². The van der Waals surface area contributed by atoms with Gasteiger partial charge >= 0.3 is 0 Å². The van der Waals surface area contributed by atoms with E-state index in [1.807, 2.05) is 60.7 Å². The van der Waals surface area contributed by atoms with Crippen LogP contribution in [0.1, 0.15) is 0 Å². The Morgan fingerprint density at radius 2 is 1.05 bits per heavy atom. The van der Waals surface area contributed by atoms with Crippen LogP contribution in [0.2, 0.25) is 0 Å². The van der Waals surface area contributed by atoms with Gasteiger partial charge in [0.1, 0.15) is 24.7 Å². The van der Waals surface area contributed by atoms with Crippen LogP contribution in [0.3, 0.4) is 0 Å². The highest BCUT2D eigenvalue weighted by atomic mass is 16.8. The van der Waals surface area contributed by atoms with E-state index in [9.17, 15) is 0 Å². The lowest BCUT2D eigenvalue weighted by atomic mass is 10.3. The summed E-state index contributed by atoms with van der Waals surface area (Å²) in [5, 5.41) is 0. The molecule has 3 rings (SSSR count). The van der Waals surface area contributed by atoms with Crippen LogP contribution in [-0.2, 0) is 9.47 Å². The van der Waals surface area contributed by atoms with E-state index in [1.165, 1.54) is 0 Å². The van der Waals surface area contributed by atoms with E-state index in [0.717, 1.165) is 11.5 Å². The van der Waals surface area contributed by atoms with Gasteiger partial charge in [0.15, 0.2) is 0 Å². The summed E-state index contributed by atoms with van der Waals surface area (Å²) in [7, 11) is 0. The first kappa shape index (κ1) is 13.0. The van der Waals surface area contributed by atoms with Crippen molar-refractivity contribution in [3.05, 3.63) is 60.7 Å². The van der Waals surface area contributed by atoms with Crippen molar-refractivity contribution in [2.24, 2.45) is 0 Å². The molecule has 1 aliphatic heterocycles. The number of hydrogen-bond donors (Lipinski definition) is 0. The molecule has 0 amide bonds. The second kappa shape index (κ2) is 6.41. The summed E-state index contributed by atoms with van der Waals surface area (Å²) in [6.45, 7) is 0.679. The fourth-order valence-corrected chi connectivity index (χ4v) is 1.91. The van der Waals surface area contributed by atoms with Crippen molar-refractivity contribution < 1.29 is 18.9 Å². The molecular formula is C16H16O4. The maximum atomic E-state index is 5.65. The molecule has 2 aromatic carbocycles. The Hall–Kier alpha value is -2.04. The van der Waals surface area contributed by atoms with Crippen molar-refractivity contribution in [2.75, 3.05) is 13.2 Å². The average Bonchev–Trinajstić information content (AvgIpc) is 2.51. The highest BCUT2D eigenvalue weighted by Crippen LogP contribution is 2.18. The van der Waals surface area contributed by atoms with E-state index < -0.39 is 12.6 Å². The quantitative estimate of drug-likeness (QED) is 0.857. The van der Waals surface area contributed by atoms with Crippen LogP contribution in [0.5, 0.6) is 11.5 Å². The van der Waals surface area contributed by atoms with Crippen LogP contribution in [0.15, 0.2) is 60.7 Å². The summed E-state index contributed by atoms with van der Waals surface area (Å²) in [6, 6.07) is 19.1. The molecule has 4 nitrogen and oxygen atoms in total. The molecule has 104 valence electrons. The minimum Gasteiger partial charge on any atom is -0.462 e. The highest BCUT2D eigenvalue weighted by Gasteiger charge is 2.24. The largest absolute Gasteiger partial charge is 0.462 e. The predicted molar refractivity (Wildman–Crippen MR) is 73.6 cm³/mol. The lowest BCUT2D eigenvalue weighted by Gasteiger charge is -2.29. The van der Waals surface area contributed by atoms with E-state index in [0.29, 0.717) is 13.2 Å². The number of benzene rings is 2. The van der Waals surface area contributed by atoms with Crippen molar-refractivity contribution in [1.82, 2.24) is 0 Å². The Balaban J connectivity index is 1.47. The van der Waals surface area contributed by atoms with Gasteiger partial charge < -0.3 is 18.9 Å². The molecule has 4 heteroatoms. The van der Waals surface area contributed by atoms with Gasteiger partial charge in [0.25, 0.3) is 0 Å². The van der Waals surface area contributed by atoms with Crippen LogP contribution in [0, 0.1) is 0 Å². The summed E-state index contributed by atoms with van der Waals surface area (Å²) in [6.07, 6.45) is -0.791. The molecule has 1 aliphatic rings. The molecule has 0 radical (unpaired) electrons. The van der Waals surface area contributed by atoms with Crippen molar-refractivity contribution in [2.45, 2.75) is 12.6 Å². The molecule has 2 atom stereocenters. The highest BCUT2D eigenvalue weighted by molar-refractivity contribution is 5.21. The molecule has 2 aromatic rings. The Labute approximate surface area is 117 Å². The lowest BCUT2D eigenvalue weighted by molar-refractivity contribution is -0.246. The molecule has 0 bridgehead atoms. The third kappa shape index (κ3) is 3.50. The minimum atomic E-state index is -0.395. The van der Waals surface area contributed by atoms with E-state index in [1.54, 1.807) is 0 Å². The smallest absolute Gasteiger partial charge is 0.223 e. The van der Waals surface area contributed by atoms with E-state index in [-0.39, 0.29) is 0 Å². The number of hydrogen-bond acceptors (Lipinski definition) is 4. The second-order valence-corrected chi connectivity index (χ2v) is 4.39. The summed E-state index contributed by atoms with van der Waals surface area (Å²) >= 11 is 0. The Morgan fingerprint density at radius 1 is 0.650 bits per heavy atom. The van der Waals surface area contributed by atoms with Gasteiger partial charge in [-0.15, -0.1) is 0 Å². The minimum absolute atomic E-state index is 0.340. The van der Waals surface area contributed by atoms with Crippen LogP contribution in [0.4, 0.5) is 0 Å². The number of ether oxygens (including phenoxy) is 4. The first-order valence-electron chi connectivity index (χ1n) is 6.57. The molecule has 20 heavy (non-hydrogen) atoms. The number of para-hydroxylation sites is 2. The molecule has 0 saturated carbocycles. The molecule has 1 heterocycles. The number of rotatable bonds is 4. The van der Waals surface area contributed by atoms with E-state index in [4.69, 9.17) is 18.9 Å². The standard InChI is InChI=1S/C16H16O4/c1-3-7-13(8-4-1)19-15-11-18-16(12-17-15)20-14-9-5-2-6-10-14/h1-10,15-16H,11-12H2/t15-,16-/m0/s1. The van der Waals surface area contributed by atoms with Gasteiger partial charge in [0.05, 0.1) is 0 Å². The summed E-state index contributed by atoms with van der Waals surface area (Å²) in [4.78, 5) is 0. The van der Waals surface area contributed by atoms with Gasteiger partial charge in [0, 0.05) is 0 Å². The maximum Gasteiger partial charge on any atom is 0.223 e. The van der Waals surface area contributed by atoms with Crippen LogP contribution < -0.4 is 9.47 Å². The third-order valence-corrected chi connectivity index (χ3v) is 2.86.